The van der Waals surface area contributed by atoms with Crippen molar-refractivity contribution in [1.29, 1.82) is 0 Å². The lowest BCUT2D eigenvalue weighted by molar-refractivity contribution is 0.156. The minimum Gasteiger partial charge on any atom is -0.360 e. The summed E-state index contributed by atoms with van der Waals surface area (Å²) in [7, 11) is 4.24. The van der Waals surface area contributed by atoms with E-state index < -0.39 is 0 Å². The molecule has 0 spiro atoms. The molecular formula is C13H23N3O. The molecule has 1 aromatic heterocycles. The lowest BCUT2D eigenvalue weighted by atomic mass is 9.90. The molecule has 1 heterocycles. The smallest absolute Gasteiger partial charge is 0.150 e. The Kier molecular flexibility index (Phi) is 4.18. The number of nitrogens with zero attached hydrogens (tertiary/aromatic N) is 2. The molecule has 0 aromatic carbocycles. The first-order chi connectivity index (χ1) is 8.19. The third kappa shape index (κ3) is 3.30. The first kappa shape index (κ1) is 12.6. The first-order valence-corrected chi connectivity index (χ1v) is 6.48. The highest BCUT2D eigenvalue weighted by molar-refractivity contribution is 5.03. The van der Waals surface area contributed by atoms with Gasteiger partial charge in [0.1, 0.15) is 0 Å². The van der Waals surface area contributed by atoms with Crippen LogP contribution in [0.3, 0.4) is 0 Å². The van der Waals surface area contributed by atoms with Gasteiger partial charge in [-0.05, 0) is 46.7 Å². The summed E-state index contributed by atoms with van der Waals surface area (Å²) in [5, 5.41) is 7.30. The number of hydrogen-bond donors (Lipinski definition) is 1. The highest BCUT2D eigenvalue weighted by Gasteiger charge is 2.23. The van der Waals surface area contributed by atoms with E-state index in [1.54, 1.807) is 0 Å². The Balaban J connectivity index is 1.82. The fourth-order valence-corrected chi connectivity index (χ4v) is 2.67. The summed E-state index contributed by atoms with van der Waals surface area (Å²) in [6.45, 7) is 2.83. The molecule has 96 valence electrons. The van der Waals surface area contributed by atoms with Crippen LogP contribution in [0.5, 0.6) is 0 Å². The molecule has 0 aliphatic heterocycles. The molecule has 1 N–H and O–H groups in total. The average Bonchev–Trinajstić information content (AvgIpc) is 2.75. The molecule has 1 aliphatic carbocycles. The number of nitrogens with one attached hydrogen (secondary N) is 1. The molecule has 0 bridgehead atoms. The van der Waals surface area contributed by atoms with Crippen molar-refractivity contribution in [2.45, 2.75) is 51.2 Å². The summed E-state index contributed by atoms with van der Waals surface area (Å²) in [4.78, 5) is 2.39. The van der Waals surface area contributed by atoms with E-state index >= 15 is 0 Å². The van der Waals surface area contributed by atoms with Crippen LogP contribution in [0, 0.1) is 6.92 Å². The van der Waals surface area contributed by atoms with Gasteiger partial charge in [0, 0.05) is 18.2 Å². The van der Waals surface area contributed by atoms with Crippen molar-refractivity contribution < 1.29 is 4.52 Å². The van der Waals surface area contributed by atoms with Gasteiger partial charge < -0.3 is 9.84 Å². The second-order valence-corrected chi connectivity index (χ2v) is 5.14. The second kappa shape index (κ2) is 5.65. The molecule has 1 fully saturated rings. The van der Waals surface area contributed by atoms with Crippen molar-refractivity contribution in [3.8, 4) is 0 Å². The SMILES string of the molecule is CNC1CCC(N(C)Cc2cc(C)no2)CC1. The zero-order chi connectivity index (χ0) is 12.3. The van der Waals surface area contributed by atoms with Crippen molar-refractivity contribution in [1.82, 2.24) is 15.4 Å². The van der Waals surface area contributed by atoms with Crippen LogP contribution in [-0.4, -0.2) is 36.2 Å². The highest BCUT2D eigenvalue weighted by atomic mass is 16.5. The molecule has 0 saturated heterocycles. The van der Waals surface area contributed by atoms with E-state index in [2.05, 4.69) is 29.5 Å². The Bertz CT molecular complexity index is 342. The zero-order valence-electron chi connectivity index (χ0n) is 11.1. The van der Waals surface area contributed by atoms with E-state index in [1.165, 1.54) is 25.7 Å². The van der Waals surface area contributed by atoms with Crippen LogP contribution in [0.2, 0.25) is 0 Å². The van der Waals surface area contributed by atoms with E-state index in [0.29, 0.717) is 12.1 Å². The topological polar surface area (TPSA) is 41.3 Å². The van der Waals surface area contributed by atoms with Gasteiger partial charge >= 0.3 is 0 Å². The lowest BCUT2D eigenvalue weighted by Gasteiger charge is -2.34. The quantitative estimate of drug-likeness (QED) is 0.869. The summed E-state index contributed by atoms with van der Waals surface area (Å²) in [5.74, 6) is 0.973. The van der Waals surface area contributed by atoms with E-state index in [-0.39, 0.29) is 0 Å². The summed E-state index contributed by atoms with van der Waals surface area (Å²) < 4.78 is 5.26. The van der Waals surface area contributed by atoms with Crippen LogP contribution in [0.4, 0.5) is 0 Å². The standard InChI is InChI=1S/C13H23N3O/c1-10-8-13(17-15-10)9-16(3)12-6-4-11(14-2)5-7-12/h8,11-12,14H,4-7,9H2,1-3H3. The van der Waals surface area contributed by atoms with Gasteiger partial charge in [-0.3, -0.25) is 4.90 Å². The maximum absolute atomic E-state index is 5.26. The fourth-order valence-electron chi connectivity index (χ4n) is 2.67. The fraction of sp³-hybridized carbons (Fsp3) is 0.769. The minimum atomic E-state index is 0.685. The third-order valence-corrected chi connectivity index (χ3v) is 3.81. The molecule has 0 unspecified atom stereocenters. The molecule has 0 radical (unpaired) electrons. The van der Waals surface area contributed by atoms with Gasteiger partial charge in [-0.15, -0.1) is 0 Å². The monoisotopic (exact) mass is 237 g/mol. The van der Waals surface area contributed by atoms with Crippen LogP contribution >= 0.6 is 0 Å². The van der Waals surface area contributed by atoms with Crippen LogP contribution in [-0.2, 0) is 6.54 Å². The van der Waals surface area contributed by atoms with Crippen LogP contribution in [0.15, 0.2) is 10.6 Å². The van der Waals surface area contributed by atoms with Crippen molar-refractivity contribution in [2.75, 3.05) is 14.1 Å². The Hall–Kier alpha value is -0.870. The maximum Gasteiger partial charge on any atom is 0.150 e. The molecular weight excluding hydrogens is 214 g/mol. The lowest BCUT2D eigenvalue weighted by Crippen LogP contribution is -2.39. The van der Waals surface area contributed by atoms with Gasteiger partial charge in [-0.25, -0.2) is 0 Å². The zero-order valence-corrected chi connectivity index (χ0v) is 11.1. The predicted octanol–water partition coefficient (Wildman–Crippen LogP) is 1.95. The number of aryl methyl sites for hydroxylation is 1. The molecule has 4 heteroatoms. The number of aromatic nitrogens is 1. The van der Waals surface area contributed by atoms with Crippen LogP contribution in [0.25, 0.3) is 0 Å². The van der Waals surface area contributed by atoms with Crippen LogP contribution < -0.4 is 5.32 Å². The number of rotatable bonds is 4. The molecule has 1 aromatic rings. The highest BCUT2D eigenvalue weighted by Crippen LogP contribution is 2.23. The van der Waals surface area contributed by atoms with Gasteiger partial charge in [0.05, 0.1) is 12.2 Å². The summed E-state index contributed by atoms with van der Waals surface area (Å²) in [5.41, 5.74) is 0.965. The number of hydrogen-bond acceptors (Lipinski definition) is 4. The molecule has 2 rings (SSSR count). The third-order valence-electron chi connectivity index (χ3n) is 3.81. The Morgan fingerprint density at radius 2 is 2.12 bits per heavy atom. The molecule has 4 nitrogen and oxygen atoms in total. The van der Waals surface area contributed by atoms with E-state index in [4.69, 9.17) is 4.52 Å². The predicted molar refractivity (Wildman–Crippen MR) is 67.8 cm³/mol. The Morgan fingerprint density at radius 3 is 2.65 bits per heavy atom. The molecule has 1 saturated carbocycles. The van der Waals surface area contributed by atoms with Crippen molar-refractivity contribution in [3.63, 3.8) is 0 Å². The summed E-state index contributed by atoms with van der Waals surface area (Å²) in [6.07, 6.45) is 5.10. The van der Waals surface area contributed by atoms with Gasteiger partial charge in [0.2, 0.25) is 0 Å². The van der Waals surface area contributed by atoms with E-state index in [9.17, 15) is 0 Å². The van der Waals surface area contributed by atoms with E-state index in [1.807, 2.05) is 13.0 Å². The second-order valence-electron chi connectivity index (χ2n) is 5.14. The minimum absolute atomic E-state index is 0.685. The van der Waals surface area contributed by atoms with Gasteiger partial charge in [0.25, 0.3) is 0 Å². The average molecular weight is 237 g/mol. The summed E-state index contributed by atoms with van der Waals surface area (Å²) >= 11 is 0. The first-order valence-electron chi connectivity index (χ1n) is 6.48. The molecule has 1 aliphatic rings. The van der Waals surface area contributed by atoms with Crippen molar-refractivity contribution >= 4 is 0 Å². The molecule has 0 amide bonds. The molecule has 0 atom stereocenters. The van der Waals surface area contributed by atoms with Gasteiger partial charge in [-0.2, -0.15) is 0 Å². The van der Waals surface area contributed by atoms with Crippen LogP contribution in [0.1, 0.15) is 37.1 Å². The Labute approximate surface area is 103 Å². The summed E-state index contributed by atoms with van der Waals surface area (Å²) in [6, 6.07) is 3.42. The van der Waals surface area contributed by atoms with Gasteiger partial charge in [0.15, 0.2) is 5.76 Å². The maximum atomic E-state index is 5.26. The Morgan fingerprint density at radius 1 is 1.41 bits per heavy atom. The van der Waals surface area contributed by atoms with Gasteiger partial charge in [-0.1, -0.05) is 5.16 Å². The normalized spacial score (nSPS) is 25.4. The van der Waals surface area contributed by atoms with E-state index in [0.717, 1.165) is 18.0 Å². The largest absolute Gasteiger partial charge is 0.360 e. The van der Waals surface area contributed by atoms with Crippen molar-refractivity contribution in [3.05, 3.63) is 17.5 Å². The van der Waals surface area contributed by atoms with Crippen molar-refractivity contribution in [2.24, 2.45) is 0 Å². The molecule has 17 heavy (non-hydrogen) atoms.